The van der Waals surface area contributed by atoms with E-state index in [1.165, 1.54) is 19.3 Å². The van der Waals surface area contributed by atoms with Gasteiger partial charge in [-0.3, -0.25) is 5.10 Å². The first kappa shape index (κ1) is 10.3. The van der Waals surface area contributed by atoms with Crippen LogP contribution in [0.3, 0.4) is 0 Å². The lowest BCUT2D eigenvalue weighted by Gasteiger charge is -2.33. The third-order valence-electron chi connectivity index (χ3n) is 4.82. The summed E-state index contributed by atoms with van der Waals surface area (Å²) in [6, 6.07) is 0. The van der Waals surface area contributed by atoms with E-state index in [9.17, 15) is 0 Å². The van der Waals surface area contributed by atoms with Crippen LogP contribution in [-0.4, -0.2) is 15.2 Å². The summed E-state index contributed by atoms with van der Waals surface area (Å²) >= 11 is 0. The Morgan fingerprint density at radius 1 is 1.38 bits per heavy atom. The Morgan fingerprint density at radius 2 is 2.19 bits per heavy atom. The van der Waals surface area contributed by atoms with Gasteiger partial charge >= 0.3 is 0 Å². The zero-order chi connectivity index (χ0) is 11.1. The van der Waals surface area contributed by atoms with E-state index in [4.69, 9.17) is 0 Å². The number of rotatable bonds is 3. The average Bonchev–Trinajstić information content (AvgIpc) is 2.90. The van der Waals surface area contributed by atoms with Crippen LogP contribution in [0.4, 0.5) is 0 Å². The van der Waals surface area contributed by atoms with E-state index >= 15 is 0 Å². The minimum atomic E-state index is 0.822. The summed E-state index contributed by atoms with van der Waals surface area (Å²) in [6.45, 7) is 4.78. The van der Waals surface area contributed by atoms with E-state index in [-0.39, 0.29) is 0 Å². The van der Waals surface area contributed by atoms with Crippen LogP contribution in [0.5, 0.6) is 0 Å². The molecular weight excluding hydrogens is 198 g/mol. The molecule has 1 aromatic rings. The van der Waals surface area contributed by atoms with Gasteiger partial charge in [0.2, 0.25) is 0 Å². The number of hydrogen-bond acceptors (Lipinski definition) is 2. The van der Waals surface area contributed by atoms with E-state index in [0.29, 0.717) is 0 Å². The minimum absolute atomic E-state index is 0.822. The molecule has 2 aliphatic carbocycles. The zero-order valence-electron chi connectivity index (χ0n) is 10.2. The van der Waals surface area contributed by atoms with E-state index in [2.05, 4.69) is 29.0 Å². The maximum absolute atomic E-state index is 4.29. The summed E-state index contributed by atoms with van der Waals surface area (Å²) in [4.78, 5) is 4.29. The molecule has 3 nitrogen and oxygen atoms in total. The quantitative estimate of drug-likeness (QED) is 0.849. The SMILES string of the molecule is CC(C)C1C2CCC(C2)C1Cc1ncn[nH]1. The Balaban J connectivity index is 1.77. The molecule has 88 valence electrons. The van der Waals surface area contributed by atoms with Gasteiger partial charge in [0.1, 0.15) is 12.2 Å². The molecule has 4 atom stereocenters. The van der Waals surface area contributed by atoms with Gasteiger partial charge in [0.05, 0.1) is 0 Å². The van der Waals surface area contributed by atoms with Gasteiger partial charge in [-0.2, -0.15) is 5.10 Å². The molecular formula is C13H21N3. The highest BCUT2D eigenvalue weighted by Gasteiger charge is 2.48. The van der Waals surface area contributed by atoms with Gasteiger partial charge in [-0.05, 0) is 48.9 Å². The Kier molecular flexibility index (Phi) is 2.49. The largest absolute Gasteiger partial charge is 0.263 e. The molecule has 16 heavy (non-hydrogen) atoms. The van der Waals surface area contributed by atoms with Crippen molar-refractivity contribution in [3.8, 4) is 0 Å². The first-order chi connectivity index (χ1) is 7.75. The van der Waals surface area contributed by atoms with Crippen molar-refractivity contribution < 1.29 is 0 Å². The Hall–Kier alpha value is -0.860. The van der Waals surface area contributed by atoms with Crippen molar-refractivity contribution in [1.29, 1.82) is 0 Å². The van der Waals surface area contributed by atoms with Crippen molar-refractivity contribution >= 4 is 0 Å². The highest BCUT2D eigenvalue weighted by molar-refractivity contribution is 5.00. The molecule has 3 heteroatoms. The van der Waals surface area contributed by atoms with Crippen molar-refractivity contribution in [2.75, 3.05) is 0 Å². The van der Waals surface area contributed by atoms with Gasteiger partial charge < -0.3 is 0 Å². The molecule has 1 aromatic heterocycles. The number of H-pyrrole nitrogens is 1. The third kappa shape index (κ3) is 1.57. The number of nitrogens with one attached hydrogen (secondary N) is 1. The van der Waals surface area contributed by atoms with Crippen molar-refractivity contribution in [3.63, 3.8) is 0 Å². The van der Waals surface area contributed by atoms with Gasteiger partial charge in [0, 0.05) is 6.42 Å². The molecule has 2 fully saturated rings. The molecule has 1 heterocycles. The maximum Gasteiger partial charge on any atom is 0.137 e. The molecule has 0 amide bonds. The lowest BCUT2D eigenvalue weighted by atomic mass is 9.72. The monoisotopic (exact) mass is 219 g/mol. The maximum atomic E-state index is 4.29. The number of nitrogens with zero attached hydrogens (tertiary/aromatic N) is 2. The Morgan fingerprint density at radius 3 is 2.88 bits per heavy atom. The smallest absolute Gasteiger partial charge is 0.137 e. The fourth-order valence-corrected chi connectivity index (χ4v) is 4.35. The van der Waals surface area contributed by atoms with E-state index < -0.39 is 0 Å². The summed E-state index contributed by atoms with van der Waals surface area (Å²) in [7, 11) is 0. The first-order valence-electron chi connectivity index (χ1n) is 6.60. The predicted molar refractivity (Wildman–Crippen MR) is 62.7 cm³/mol. The second kappa shape index (κ2) is 3.86. The van der Waals surface area contributed by atoms with Gasteiger partial charge in [0.15, 0.2) is 0 Å². The highest BCUT2D eigenvalue weighted by Crippen LogP contribution is 2.55. The zero-order valence-corrected chi connectivity index (χ0v) is 10.2. The predicted octanol–water partition coefficient (Wildman–Crippen LogP) is 2.67. The van der Waals surface area contributed by atoms with Gasteiger partial charge in [-0.15, -0.1) is 0 Å². The van der Waals surface area contributed by atoms with Gasteiger partial charge in [0.25, 0.3) is 0 Å². The molecule has 4 unspecified atom stereocenters. The number of hydrogen-bond donors (Lipinski definition) is 1. The normalized spacial score (nSPS) is 37.4. The van der Waals surface area contributed by atoms with E-state index in [1.54, 1.807) is 6.33 Å². The molecule has 2 saturated carbocycles. The van der Waals surface area contributed by atoms with Crippen LogP contribution in [-0.2, 0) is 6.42 Å². The summed E-state index contributed by atoms with van der Waals surface area (Å²) in [5.74, 6) is 5.64. The van der Waals surface area contributed by atoms with Gasteiger partial charge in [-0.25, -0.2) is 4.98 Å². The fraction of sp³-hybridized carbons (Fsp3) is 0.846. The molecule has 2 aliphatic rings. The van der Waals surface area contributed by atoms with Crippen LogP contribution in [0, 0.1) is 29.6 Å². The molecule has 0 radical (unpaired) electrons. The molecule has 0 spiro atoms. The van der Waals surface area contributed by atoms with Crippen LogP contribution in [0.1, 0.15) is 38.9 Å². The molecule has 3 rings (SSSR count). The van der Waals surface area contributed by atoms with Crippen molar-refractivity contribution in [3.05, 3.63) is 12.2 Å². The molecule has 0 aromatic carbocycles. The van der Waals surface area contributed by atoms with Gasteiger partial charge in [-0.1, -0.05) is 13.8 Å². The summed E-state index contributed by atoms with van der Waals surface area (Å²) in [6.07, 6.45) is 7.14. The number of aromatic nitrogens is 3. The lowest BCUT2D eigenvalue weighted by Crippen LogP contribution is -2.28. The summed E-state index contributed by atoms with van der Waals surface area (Å²) in [5, 5.41) is 6.98. The van der Waals surface area contributed by atoms with Crippen LogP contribution < -0.4 is 0 Å². The second-order valence-electron chi connectivity index (χ2n) is 5.95. The van der Waals surface area contributed by atoms with Crippen molar-refractivity contribution in [2.24, 2.45) is 29.6 Å². The molecule has 0 saturated heterocycles. The standard InChI is InChI=1S/C13H21N3/c1-8(2)13-10-4-3-9(5-10)11(13)6-12-14-7-15-16-12/h7-11,13H,3-6H2,1-2H3,(H,14,15,16). The average molecular weight is 219 g/mol. The van der Waals surface area contributed by atoms with Crippen LogP contribution >= 0.6 is 0 Å². The third-order valence-corrected chi connectivity index (χ3v) is 4.82. The summed E-state index contributed by atoms with van der Waals surface area (Å²) < 4.78 is 0. The molecule has 0 aliphatic heterocycles. The Labute approximate surface area is 97.1 Å². The topological polar surface area (TPSA) is 41.6 Å². The Bertz CT molecular complexity index is 344. The van der Waals surface area contributed by atoms with Crippen molar-refractivity contribution in [1.82, 2.24) is 15.2 Å². The molecule has 1 N–H and O–H groups in total. The van der Waals surface area contributed by atoms with E-state index in [1.807, 2.05) is 0 Å². The highest BCUT2D eigenvalue weighted by atomic mass is 15.2. The number of aromatic amines is 1. The lowest BCUT2D eigenvalue weighted by molar-refractivity contribution is 0.163. The fourth-order valence-electron chi connectivity index (χ4n) is 4.35. The van der Waals surface area contributed by atoms with Crippen LogP contribution in [0.15, 0.2) is 6.33 Å². The van der Waals surface area contributed by atoms with Crippen molar-refractivity contribution in [2.45, 2.75) is 39.5 Å². The van der Waals surface area contributed by atoms with Crippen LogP contribution in [0.2, 0.25) is 0 Å². The first-order valence-corrected chi connectivity index (χ1v) is 6.60. The van der Waals surface area contributed by atoms with Crippen LogP contribution in [0.25, 0.3) is 0 Å². The second-order valence-corrected chi connectivity index (χ2v) is 5.95. The number of fused-ring (bicyclic) bond motifs is 2. The summed E-state index contributed by atoms with van der Waals surface area (Å²) in [5.41, 5.74) is 0. The molecule has 2 bridgehead atoms. The van der Waals surface area contributed by atoms with E-state index in [0.717, 1.165) is 41.8 Å². The minimum Gasteiger partial charge on any atom is -0.263 e.